The van der Waals surface area contributed by atoms with Crippen LogP contribution in [0.2, 0.25) is 0 Å². The van der Waals surface area contributed by atoms with Gasteiger partial charge in [-0.05, 0) is 44.0 Å². The highest BCUT2D eigenvalue weighted by Gasteiger charge is 2.18. The first kappa shape index (κ1) is 19.4. The van der Waals surface area contributed by atoms with E-state index in [1.165, 1.54) is 0 Å². The SMILES string of the molecule is Cc1ccccc1NC(=O)COC(=O)c1cc(C)n(Cc2ccccc2)c1C. The van der Waals surface area contributed by atoms with Gasteiger partial charge in [0.25, 0.3) is 5.91 Å². The van der Waals surface area contributed by atoms with Crippen molar-refractivity contribution in [3.63, 3.8) is 0 Å². The fraction of sp³-hybridized carbons (Fsp3) is 0.217. The first-order valence-electron chi connectivity index (χ1n) is 9.19. The quantitative estimate of drug-likeness (QED) is 0.654. The average Bonchev–Trinajstić information content (AvgIpc) is 2.97. The van der Waals surface area contributed by atoms with Crippen LogP contribution in [0.15, 0.2) is 60.7 Å². The van der Waals surface area contributed by atoms with Crippen molar-refractivity contribution < 1.29 is 14.3 Å². The second-order valence-corrected chi connectivity index (χ2v) is 6.80. The number of rotatable bonds is 6. The van der Waals surface area contributed by atoms with Crippen LogP contribution in [-0.2, 0) is 16.1 Å². The number of hydrogen-bond donors (Lipinski definition) is 1. The van der Waals surface area contributed by atoms with Gasteiger partial charge in [0.15, 0.2) is 6.61 Å². The van der Waals surface area contributed by atoms with Crippen LogP contribution in [0, 0.1) is 20.8 Å². The van der Waals surface area contributed by atoms with Gasteiger partial charge in [0.2, 0.25) is 0 Å². The van der Waals surface area contributed by atoms with E-state index in [0.717, 1.165) is 22.5 Å². The predicted octanol–water partition coefficient (Wildman–Crippen LogP) is 4.26. The van der Waals surface area contributed by atoms with Crippen molar-refractivity contribution in [2.75, 3.05) is 11.9 Å². The Labute approximate surface area is 165 Å². The number of hydrogen-bond acceptors (Lipinski definition) is 3. The number of carbonyl (C=O) groups excluding carboxylic acids is 2. The molecule has 1 heterocycles. The molecule has 0 aliphatic carbocycles. The van der Waals surface area contributed by atoms with Crippen molar-refractivity contribution >= 4 is 17.6 Å². The number of aromatic nitrogens is 1. The molecule has 5 nitrogen and oxygen atoms in total. The van der Waals surface area contributed by atoms with Crippen LogP contribution in [0.4, 0.5) is 5.69 Å². The fourth-order valence-electron chi connectivity index (χ4n) is 3.13. The lowest BCUT2D eigenvalue weighted by Gasteiger charge is -2.10. The Morgan fingerprint density at radius 3 is 2.36 bits per heavy atom. The van der Waals surface area contributed by atoms with Gasteiger partial charge in [0.1, 0.15) is 0 Å². The molecule has 0 unspecified atom stereocenters. The van der Waals surface area contributed by atoms with Crippen LogP contribution in [0.5, 0.6) is 0 Å². The summed E-state index contributed by atoms with van der Waals surface area (Å²) in [6.07, 6.45) is 0. The molecule has 28 heavy (non-hydrogen) atoms. The maximum absolute atomic E-state index is 12.5. The first-order valence-corrected chi connectivity index (χ1v) is 9.19. The van der Waals surface area contributed by atoms with Gasteiger partial charge in [-0.1, -0.05) is 48.5 Å². The van der Waals surface area contributed by atoms with Gasteiger partial charge in [0.05, 0.1) is 5.56 Å². The van der Waals surface area contributed by atoms with E-state index in [1.54, 1.807) is 6.07 Å². The van der Waals surface area contributed by atoms with Gasteiger partial charge < -0.3 is 14.6 Å². The Balaban J connectivity index is 1.64. The van der Waals surface area contributed by atoms with Crippen LogP contribution in [0.25, 0.3) is 0 Å². The first-order chi connectivity index (χ1) is 13.5. The average molecular weight is 376 g/mol. The summed E-state index contributed by atoms with van der Waals surface area (Å²) in [4.78, 5) is 24.6. The lowest BCUT2D eigenvalue weighted by atomic mass is 10.2. The Bertz CT molecular complexity index is 990. The topological polar surface area (TPSA) is 60.3 Å². The van der Waals surface area contributed by atoms with Gasteiger partial charge in [-0.25, -0.2) is 4.79 Å². The summed E-state index contributed by atoms with van der Waals surface area (Å²) in [6.45, 7) is 6.11. The van der Waals surface area contributed by atoms with E-state index in [1.807, 2.05) is 75.4 Å². The molecule has 0 aliphatic rings. The molecule has 0 saturated heterocycles. The zero-order chi connectivity index (χ0) is 20.1. The number of anilines is 1. The van der Waals surface area contributed by atoms with Crippen LogP contribution in [-0.4, -0.2) is 23.1 Å². The third-order valence-electron chi connectivity index (χ3n) is 4.73. The Kier molecular flexibility index (Phi) is 5.94. The van der Waals surface area contributed by atoms with Crippen LogP contribution < -0.4 is 5.32 Å². The molecule has 0 spiro atoms. The molecule has 1 N–H and O–H groups in total. The van der Waals surface area contributed by atoms with Crippen LogP contribution in [0.1, 0.15) is 32.9 Å². The van der Waals surface area contributed by atoms with Crippen molar-refractivity contribution in [3.8, 4) is 0 Å². The number of esters is 1. The fourth-order valence-corrected chi connectivity index (χ4v) is 3.13. The van der Waals surface area contributed by atoms with E-state index >= 15 is 0 Å². The molecule has 0 bridgehead atoms. The number of nitrogens with one attached hydrogen (secondary N) is 1. The lowest BCUT2D eigenvalue weighted by molar-refractivity contribution is -0.119. The largest absolute Gasteiger partial charge is 0.452 e. The van der Waals surface area contributed by atoms with Gasteiger partial charge >= 0.3 is 5.97 Å². The minimum Gasteiger partial charge on any atom is -0.452 e. The van der Waals surface area contributed by atoms with E-state index in [2.05, 4.69) is 9.88 Å². The van der Waals surface area contributed by atoms with Crippen LogP contribution in [0.3, 0.4) is 0 Å². The third-order valence-corrected chi connectivity index (χ3v) is 4.73. The minimum atomic E-state index is -0.493. The number of aryl methyl sites for hydroxylation is 2. The summed E-state index contributed by atoms with van der Waals surface area (Å²) in [5, 5.41) is 2.76. The number of benzene rings is 2. The predicted molar refractivity (Wildman–Crippen MR) is 110 cm³/mol. The van der Waals surface area contributed by atoms with Crippen molar-refractivity contribution in [1.29, 1.82) is 0 Å². The molecule has 1 amide bonds. The highest BCUT2D eigenvalue weighted by Crippen LogP contribution is 2.18. The number of amides is 1. The standard InChI is InChI=1S/C23H24N2O3/c1-16-9-7-8-12-21(16)24-22(26)15-28-23(27)20-13-17(2)25(18(20)3)14-19-10-5-4-6-11-19/h4-13H,14-15H2,1-3H3,(H,24,26). The smallest absolute Gasteiger partial charge is 0.340 e. The lowest BCUT2D eigenvalue weighted by Crippen LogP contribution is -2.21. The summed E-state index contributed by atoms with van der Waals surface area (Å²) in [7, 11) is 0. The van der Waals surface area contributed by atoms with Gasteiger partial charge in [-0.2, -0.15) is 0 Å². The summed E-state index contributed by atoms with van der Waals surface area (Å²) >= 11 is 0. The molecular formula is C23H24N2O3. The Morgan fingerprint density at radius 2 is 1.64 bits per heavy atom. The molecule has 2 aromatic carbocycles. The van der Waals surface area contributed by atoms with Crippen molar-refractivity contribution in [2.45, 2.75) is 27.3 Å². The second-order valence-electron chi connectivity index (χ2n) is 6.80. The normalized spacial score (nSPS) is 10.5. The molecule has 0 saturated carbocycles. The maximum Gasteiger partial charge on any atom is 0.340 e. The zero-order valence-corrected chi connectivity index (χ0v) is 16.4. The molecule has 3 aromatic rings. The molecule has 5 heteroatoms. The Hall–Kier alpha value is -3.34. The number of nitrogens with zero attached hydrogens (tertiary/aromatic N) is 1. The maximum atomic E-state index is 12.5. The molecule has 3 rings (SSSR count). The van der Waals surface area contributed by atoms with Crippen molar-refractivity contribution in [3.05, 3.63) is 88.7 Å². The number of para-hydroxylation sites is 1. The van der Waals surface area contributed by atoms with Crippen molar-refractivity contribution in [1.82, 2.24) is 4.57 Å². The monoisotopic (exact) mass is 376 g/mol. The van der Waals surface area contributed by atoms with E-state index < -0.39 is 5.97 Å². The summed E-state index contributed by atoms with van der Waals surface area (Å²) in [5.41, 5.74) is 5.10. The van der Waals surface area contributed by atoms with E-state index in [-0.39, 0.29) is 12.5 Å². The summed E-state index contributed by atoms with van der Waals surface area (Å²) < 4.78 is 7.31. The molecule has 0 aliphatic heterocycles. The highest BCUT2D eigenvalue weighted by atomic mass is 16.5. The molecule has 0 radical (unpaired) electrons. The number of ether oxygens (including phenoxy) is 1. The number of carbonyl (C=O) groups is 2. The molecule has 1 aromatic heterocycles. The summed E-state index contributed by atoms with van der Waals surface area (Å²) in [6, 6.07) is 19.3. The second kappa shape index (κ2) is 8.57. The van der Waals surface area contributed by atoms with Gasteiger partial charge in [-0.15, -0.1) is 0 Å². The molecule has 144 valence electrons. The van der Waals surface area contributed by atoms with Gasteiger partial charge in [0, 0.05) is 23.6 Å². The highest BCUT2D eigenvalue weighted by molar-refractivity contribution is 5.96. The molecule has 0 atom stereocenters. The van der Waals surface area contributed by atoms with Crippen molar-refractivity contribution in [2.24, 2.45) is 0 Å². The van der Waals surface area contributed by atoms with Gasteiger partial charge in [-0.3, -0.25) is 4.79 Å². The molecule has 0 fully saturated rings. The van der Waals surface area contributed by atoms with E-state index in [9.17, 15) is 9.59 Å². The third kappa shape index (κ3) is 4.49. The summed E-state index contributed by atoms with van der Waals surface area (Å²) in [5.74, 6) is -0.854. The van der Waals surface area contributed by atoms with Crippen LogP contribution >= 0.6 is 0 Å². The molecular weight excluding hydrogens is 352 g/mol. The van der Waals surface area contributed by atoms with E-state index in [0.29, 0.717) is 17.8 Å². The minimum absolute atomic E-state index is 0.324. The van der Waals surface area contributed by atoms with E-state index in [4.69, 9.17) is 4.74 Å². The zero-order valence-electron chi connectivity index (χ0n) is 16.4. The Morgan fingerprint density at radius 1 is 0.964 bits per heavy atom.